The molecule has 0 spiro atoms. The van der Waals surface area contributed by atoms with E-state index in [1.54, 1.807) is 18.5 Å². The summed E-state index contributed by atoms with van der Waals surface area (Å²) in [4.78, 5) is 22.8. The molecule has 0 saturated carbocycles. The van der Waals surface area contributed by atoms with Crippen LogP contribution in [0.3, 0.4) is 0 Å². The minimum absolute atomic E-state index is 0.201. The van der Waals surface area contributed by atoms with Gasteiger partial charge in [-0.2, -0.15) is 0 Å². The maximum absolute atomic E-state index is 12.1. The van der Waals surface area contributed by atoms with Gasteiger partial charge in [-0.05, 0) is 24.5 Å². The second kappa shape index (κ2) is 6.75. The summed E-state index contributed by atoms with van der Waals surface area (Å²) in [6.45, 7) is 2.35. The van der Waals surface area contributed by atoms with Crippen molar-refractivity contribution in [2.75, 3.05) is 18.0 Å². The number of amides is 1. The topological polar surface area (TPSA) is 58.1 Å². The Hall–Kier alpha value is -2.14. The molecule has 0 radical (unpaired) electrons. The summed E-state index contributed by atoms with van der Waals surface area (Å²) >= 11 is 6.07. The lowest BCUT2D eigenvalue weighted by atomic mass is 10.2. The highest BCUT2D eigenvalue weighted by Crippen LogP contribution is 2.16. The maximum Gasteiger partial charge on any atom is 0.254 e. The third-order valence-electron chi connectivity index (χ3n) is 3.69. The number of halogens is 1. The van der Waals surface area contributed by atoms with Gasteiger partial charge in [0.2, 0.25) is 5.95 Å². The zero-order chi connectivity index (χ0) is 15.4. The standard InChI is InChI=1S/C16H17ClN4O/c17-14-6-2-1-5-12(14)9-18-15(22)13-10-19-16(20-11-13)21-7-3-4-8-21/h1-2,5-6,10-11H,3-4,7-9H2,(H,18,22). The van der Waals surface area contributed by atoms with Crippen LogP contribution in [0.4, 0.5) is 5.95 Å². The summed E-state index contributed by atoms with van der Waals surface area (Å²) in [6, 6.07) is 7.44. The predicted octanol–water partition coefficient (Wildman–Crippen LogP) is 2.66. The summed E-state index contributed by atoms with van der Waals surface area (Å²) in [5, 5.41) is 3.47. The first-order chi connectivity index (χ1) is 10.7. The van der Waals surface area contributed by atoms with Crippen LogP contribution >= 0.6 is 11.6 Å². The van der Waals surface area contributed by atoms with Crippen molar-refractivity contribution in [2.45, 2.75) is 19.4 Å². The first-order valence-corrected chi connectivity index (χ1v) is 7.70. The van der Waals surface area contributed by atoms with Crippen LogP contribution in [0.5, 0.6) is 0 Å². The van der Waals surface area contributed by atoms with Crippen LogP contribution in [0.2, 0.25) is 5.02 Å². The minimum atomic E-state index is -0.201. The van der Waals surface area contributed by atoms with Crippen molar-refractivity contribution in [3.8, 4) is 0 Å². The fraction of sp³-hybridized carbons (Fsp3) is 0.312. The van der Waals surface area contributed by atoms with Gasteiger partial charge < -0.3 is 10.2 Å². The van der Waals surface area contributed by atoms with E-state index in [9.17, 15) is 4.79 Å². The highest BCUT2D eigenvalue weighted by Gasteiger charge is 2.15. The summed E-state index contributed by atoms with van der Waals surface area (Å²) in [6.07, 6.45) is 5.48. The van der Waals surface area contributed by atoms with Crippen LogP contribution in [-0.2, 0) is 6.54 Å². The average molecular weight is 317 g/mol. The molecule has 5 nitrogen and oxygen atoms in total. The van der Waals surface area contributed by atoms with E-state index >= 15 is 0 Å². The second-order valence-corrected chi connectivity index (χ2v) is 5.65. The highest BCUT2D eigenvalue weighted by molar-refractivity contribution is 6.31. The lowest BCUT2D eigenvalue weighted by Gasteiger charge is -2.14. The third kappa shape index (κ3) is 3.36. The fourth-order valence-electron chi connectivity index (χ4n) is 2.44. The number of hydrogen-bond donors (Lipinski definition) is 1. The zero-order valence-electron chi connectivity index (χ0n) is 12.1. The lowest BCUT2D eigenvalue weighted by molar-refractivity contribution is 0.0950. The molecular weight excluding hydrogens is 300 g/mol. The molecule has 114 valence electrons. The SMILES string of the molecule is O=C(NCc1ccccc1Cl)c1cnc(N2CCCC2)nc1. The number of carbonyl (C=O) groups excluding carboxylic acids is 1. The molecule has 0 atom stereocenters. The van der Waals surface area contributed by atoms with Crippen molar-refractivity contribution >= 4 is 23.5 Å². The molecule has 1 N–H and O–H groups in total. The van der Waals surface area contributed by atoms with Gasteiger partial charge in [-0.3, -0.25) is 4.79 Å². The summed E-state index contributed by atoms with van der Waals surface area (Å²) in [7, 11) is 0. The van der Waals surface area contributed by atoms with E-state index in [0.29, 0.717) is 23.1 Å². The fourth-order valence-corrected chi connectivity index (χ4v) is 2.64. The Bertz CT molecular complexity index is 653. The molecule has 2 aromatic rings. The first-order valence-electron chi connectivity index (χ1n) is 7.32. The molecule has 3 rings (SSSR count). The largest absolute Gasteiger partial charge is 0.348 e. The van der Waals surface area contributed by atoms with E-state index in [1.165, 1.54) is 12.8 Å². The Labute approximate surface area is 134 Å². The number of nitrogens with one attached hydrogen (secondary N) is 1. The van der Waals surface area contributed by atoms with Crippen LogP contribution < -0.4 is 10.2 Å². The number of carbonyl (C=O) groups is 1. The molecule has 1 saturated heterocycles. The normalized spacial score (nSPS) is 14.1. The van der Waals surface area contributed by atoms with Crippen LogP contribution in [0.15, 0.2) is 36.7 Å². The van der Waals surface area contributed by atoms with Gasteiger partial charge in [-0.1, -0.05) is 29.8 Å². The molecular formula is C16H17ClN4O. The van der Waals surface area contributed by atoms with Crippen molar-refractivity contribution in [1.29, 1.82) is 0 Å². The quantitative estimate of drug-likeness (QED) is 0.942. The Morgan fingerprint density at radius 3 is 2.55 bits per heavy atom. The maximum atomic E-state index is 12.1. The molecule has 1 aliphatic rings. The van der Waals surface area contributed by atoms with Crippen LogP contribution in [0.1, 0.15) is 28.8 Å². The molecule has 1 aliphatic heterocycles. The Kier molecular flexibility index (Phi) is 4.53. The monoisotopic (exact) mass is 316 g/mol. The molecule has 1 amide bonds. The molecule has 1 aromatic carbocycles. The molecule has 2 heterocycles. The van der Waals surface area contributed by atoms with E-state index < -0.39 is 0 Å². The van der Waals surface area contributed by atoms with Crippen molar-refractivity contribution in [3.05, 3.63) is 52.8 Å². The Morgan fingerprint density at radius 2 is 1.86 bits per heavy atom. The third-order valence-corrected chi connectivity index (χ3v) is 4.06. The summed E-state index contributed by atoms with van der Waals surface area (Å²) in [5.41, 5.74) is 1.34. The zero-order valence-corrected chi connectivity index (χ0v) is 12.9. The molecule has 22 heavy (non-hydrogen) atoms. The second-order valence-electron chi connectivity index (χ2n) is 5.24. The van der Waals surface area contributed by atoms with Crippen molar-refractivity contribution in [3.63, 3.8) is 0 Å². The van der Waals surface area contributed by atoms with Gasteiger partial charge >= 0.3 is 0 Å². The molecule has 0 aliphatic carbocycles. The Morgan fingerprint density at radius 1 is 1.18 bits per heavy atom. The van der Waals surface area contributed by atoms with E-state index in [0.717, 1.165) is 18.7 Å². The Balaban J connectivity index is 1.61. The smallest absolute Gasteiger partial charge is 0.254 e. The molecule has 6 heteroatoms. The van der Waals surface area contributed by atoms with Gasteiger partial charge in [0.25, 0.3) is 5.91 Å². The molecule has 0 unspecified atom stereocenters. The molecule has 1 aromatic heterocycles. The highest BCUT2D eigenvalue weighted by atomic mass is 35.5. The van der Waals surface area contributed by atoms with Gasteiger partial charge in [0.15, 0.2) is 0 Å². The van der Waals surface area contributed by atoms with Crippen molar-refractivity contribution in [1.82, 2.24) is 15.3 Å². The van der Waals surface area contributed by atoms with E-state index in [-0.39, 0.29) is 5.91 Å². The number of nitrogens with zero attached hydrogens (tertiary/aromatic N) is 3. The van der Waals surface area contributed by atoms with Crippen LogP contribution in [0, 0.1) is 0 Å². The van der Waals surface area contributed by atoms with E-state index in [1.807, 2.05) is 18.2 Å². The van der Waals surface area contributed by atoms with Crippen molar-refractivity contribution < 1.29 is 4.79 Å². The van der Waals surface area contributed by atoms with Gasteiger partial charge in [0.1, 0.15) is 0 Å². The first kappa shape index (κ1) is 14.8. The summed E-state index contributed by atoms with van der Waals surface area (Å²) < 4.78 is 0. The predicted molar refractivity (Wildman–Crippen MR) is 86.1 cm³/mol. The molecule has 1 fully saturated rings. The number of rotatable bonds is 4. The lowest BCUT2D eigenvalue weighted by Crippen LogP contribution is -2.24. The van der Waals surface area contributed by atoms with Gasteiger partial charge in [0.05, 0.1) is 5.56 Å². The van der Waals surface area contributed by atoms with Crippen LogP contribution in [0.25, 0.3) is 0 Å². The van der Waals surface area contributed by atoms with Crippen LogP contribution in [-0.4, -0.2) is 29.0 Å². The van der Waals surface area contributed by atoms with E-state index in [4.69, 9.17) is 11.6 Å². The number of anilines is 1. The minimum Gasteiger partial charge on any atom is -0.348 e. The average Bonchev–Trinajstić information content (AvgIpc) is 3.08. The van der Waals surface area contributed by atoms with Gasteiger partial charge in [0, 0.05) is 37.1 Å². The van der Waals surface area contributed by atoms with Gasteiger partial charge in [-0.15, -0.1) is 0 Å². The number of benzene rings is 1. The van der Waals surface area contributed by atoms with Gasteiger partial charge in [-0.25, -0.2) is 9.97 Å². The molecule has 0 bridgehead atoms. The number of aromatic nitrogens is 2. The van der Waals surface area contributed by atoms with Crippen molar-refractivity contribution in [2.24, 2.45) is 0 Å². The van der Waals surface area contributed by atoms with E-state index in [2.05, 4.69) is 20.2 Å². The summed E-state index contributed by atoms with van der Waals surface area (Å²) in [5.74, 6) is 0.494. The number of hydrogen-bond acceptors (Lipinski definition) is 4.